The fraction of sp³-hybridized carbons (Fsp3) is 0.520. The number of ether oxygens (including phenoxy) is 3. The molecule has 0 amide bonds. The highest BCUT2D eigenvalue weighted by molar-refractivity contribution is 5.75. The molecule has 6 heteroatoms. The Morgan fingerprint density at radius 1 is 1.13 bits per heavy atom. The Hall–Kier alpha value is -2.60. The smallest absolute Gasteiger partial charge is 0.308 e. The van der Waals surface area contributed by atoms with Crippen LogP contribution >= 0.6 is 0 Å². The first-order valence-corrected chi connectivity index (χ1v) is 11.2. The maximum Gasteiger partial charge on any atom is 0.308 e. The van der Waals surface area contributed by atoms with Gasteiger partial charge in [0.25, 0.3) is 5.56 Å². The van der Waals surface area contributed by atoms with Crippen LogP contribution in [0.25, 0.3) is 11.1 Å². The first-order chi connectivity index (χ1) is 15.0. The molecule has 2 aromatic rings. The van der Waals surface area contributed by atoms with E-state index in [-0.39, 0.29) is 24.1 Å². The Bertz CT molecular complexity index is 1010. The first-order valence-electron chi connectivity index (χ1n) is 11.2. The van der Waals surface area contributed by atoms with E-state index in [4.69, 9.17) is 14.2 Å². The molecule has 1 saturated carbocycles. The molecule has 0 bridgehead atoms. The quantitative estimate of drug-likeness (QED) is 0.649. The second-order valence-corrected chi connectivity index (χ2v) is 8.50. The fourth-order valence-corrected chi connectivity index (χ4v) is 4.94. The number of hydrogen-bond acceptors (Lipinski definition) is 5. The molecule has 0 spiro atoms. The normalized spacial score (nSPS) is 21.0. The van der Waals surface area contributed by atoms with E-state index >= 15 is 0 Å². The zero-order valence-corrected chi connectivity index (χ0v) is 18.6. The van der Waals surface area contributed by atoms with Crippen LogP contribution < -0.4 is 10.3 Å². The monoisotopic (exact) mass is 425 g/mol. The summed E-state index contributed by atoms with van der Waals surface area (Å²) in [5.41, 5.74) is 3.65. The summed E-state index contributed by atoms with van der Waals surface area (Å²) in [4.78, 5) is 25.0. The van der Waals surface area contributed by atoms with Crippen molar-refractivity contribution in [2.24, 2.45) is 13.0 Å². The molecule has 4 rings (SSSR count). The summed E-state index contributed by atoms with van der Waals surface area (Å²) in [5, 5.41) is 0. The molecular weight excluding hydrogens is 394 g/mol. The number of aromatic nitrogens is 1. The zero-order chi connectivity index (χ0) is 22.0. The van der Waals surface area contributed by atoms with Crippen LogP contribution in [-0.2, 0) is 21.3 Å². The average molecular weight is 426 g/mol. The summed E-state index contributed by atoms with van der Waals surface area (Å²) in [6, 6.07) is 7.65. The number of nitrogens with zero attached hydrogens (tertiary/aromatic N) is 1. The summed E-state index contributed by atoms with van der Waals surface area (Å²) >= 11 is 0. The molecule has 0 saturated heterocycles. The maximum absolute atomic E-state index is 12.5. The number of methoxy groups -OCH3 is 1. The molecule has 0 radical (unpaired) electrons. The van der Waals surface area contributed by atoms with Crippen molar-refractivity contribution in [2.75, 3.05) is 13.7 Å². The van der Waals surface area contributed by atoms with Crippen molar-refractivity contribution >= 4 is 5.97 Å². The van der Waals surface area contributed by atoms with E-state index in [2.05, 4.69) is 6.07 Å². The van der Waals surface area contributed by atoms with E-state index in [9.17, 15) is 9.59 Å². The highest BCUT2D eigenvalue weighted by Gasteiger charge is 2.36. The summed E-state index contributed by atoms with van der Waals surface area (Å²) < 4.78 is 19.0. The van der Waals surface area contributed by atoms with Gasteiger partial charge in [-0.05, 0) is 54.5 Å². The largest absolute Gasteiger partial charge is 0.497 e. The van der Waals surface area contributed by atoms with Crippen molar-refractivity contribution in [3.8, 4) is 16.9 Å². The zero-order valence-electron chi connectivity index (χ0n) is 18.6. The lowest BCUT2D eigenvalue weighted by molar-refractivity contribution is -0.149. The molecule has 0 N–H and O–H groups in total. The molecule has 2 heterocycles. The van der Waals surface area contributed by atoms with Crippen LogP contribution in [0.4, 0.5) is 0 Å². The van der Waals surface area contributed by atoms with Gasteiger partial charge in [0.1, 0.15) is 5.75 Å². The number of esters is 1. The van der Waals surface area contributed by atoms with Crippen LogP contribution in [0.3, 0.4) is 0 Å². The summed E-state index contributed by atoms with van der Waals surface area (Å²) in [6.45, 7) is 2.11. The van der Waals surface area contributed by atoms with Crippen LogP contribution in [0, 0.1) is 5.92 Å². The van der Waals surface area contributed by atoms with Crippen LogP contribution in [0.1, 0.15) is 68.8 Å². The van der Waals surface area contributed by atoms with Gasteiger partial charge in [0.15, 0.2) is 0 Å². The lowest BCUT2D eigenvalue weighted by Crippen LogP contribution is -2.23. The predicted molar refractivity (Wildman–Crippen MR) is 118 cm³/mol. The van der Waals surface area contributed by atoms with Crippen molar-refractivity contribution in [3.05, 3.63) is 51.9 Å². The lowest BCUT2D eigenvalue weighted by Gasteiger charge is -2.32. The third-order valence-corrected chi connectivity index (χ3v) is 6.51. The van der Waals surface area contributed by atoms with Gasteiger partial charge < -0.3 is 18.8 Å². The van der Waals surface area contributed by atoms with Gasteiger partial charge in [-0.25, -0.2) is 0 Å². The van der Waals surface area contributed by atoms with Crippen molar-refractivity contribution in [2.45, 2.75) is 57.7 Å². The van der Waals surface area contributed by atoms with Gasteiger partial charge in [-0.3, -0.25) is 9.59 Å². The van der Waals surface area contributed by atoms with E-state index in [1.807, 2.05) is 18.3 Å². The van der Waals surface area contributed by atoms with E-state index in [1.54, 1.807) is 31.7 Å². The molecule has 31 heavy (non-hydrogen) atoms. The number of aryl methyl sites for hydroxylation is 1. The van der Waals surface area contributed by atoms with E-state index in [1.165, 1.54) is 19.3 Å². The number of carbonyl (C=O) groups is 1. The highest BCUT2D eigenvalue weighted by Crippen LogP contribution is 2.48. The minimum absolute atomic E-state index is 0.0857. The summed E-state index contributed by atoms with van der Waals surface area (Å²) in [7, 11) is 3.41. The van der Waals surface area contributed by atoms with Gasteiger partial charge in [-0.1, -0.05) is 25.3 Å². The fourth-order valence-electron chi connectivity index (χ4n) is 4.94. The van der Waals surface area contributed by atoms with Gasteiger partial charge in [0.2, 0.25) is 0 Å². The minimum atomic E-state index is -0.534. The second kappa shape index (κ2) is 9.27. The Morgan fingerprint density at radius 3 is 2.61 bits per heavy atom. The minimum Gasteiger partial charge on any atom is -0.497 e. The van der Waals surface area contributed by atoms with E-state index in [0.29, 0.717) is 12.5 Å². The van der Waals surface area contributed by atoms with Crippen molar-refractivity contribution < 1.29 is 19.0 Å². The van der Waals surface area contributed by atoms with Crippen LogP contribution in [0.5, 0.6) is 5.75 Å². The van der Waals surface area contributed by atoms with E-state index in [0.717, 1.165) is 40.8 Å². The first kappa shape index (κ1) is 21.6. The standard InChI is InChI=1S/C25H31NO5/c1-4-30-24(28)14-22-19-13-23(27)26(2)15-21(19)18-11-10-17(29-3)12-20(18)25(31-22)16-8-6-5-7-9-16/h10-13,15-16,22,25H,4-9,14H2,1-3H3. The number of benzene rings is 1. The van der Waals surface area contributed by atoms with Crippen LogP contribution in [-0.4, -0.2) is 24.3 Å². The molecule has 1 aliphatic carbocycles. The second-order valence-electron chi connectivity index (χ2n) is 8.50. The SMILES string of the molecule is CCOC(=O)CC1OC(C2CCCCC2)c2cc(OC)ccc2-c2cn(C)c(=O)cc21. The lowest BCUT2D eigenvalue weighted by atomic mass is 9.81. The number of carbonyl (C=O) groups excluding carboxylic acids is 1. The molecule has 2 unspecified atom stereocenters. The molecule has 6 nitrogen and oxygen atoms in total. The number of rotatable bonds is 5. The van der Waals surface area contributed by atoms with Crippen molar-refractivity contribution in [1.82, 2.24) is 4.57 Å². The average Bonchev–Trinajstić information content (AvgIpc) is 2.90. The van der Waals surface area contributed by atoms with Gasteiger partial charge >= 0.3 is 5.97 Å². The third-order valence-electron chi connectivity index (χ3n) is 6.51. The molecule has 1 aliphatic heterocycles. The highest BCUT2D eigenvalue weighted by atomic mass is 16.5. The van der Waals surface area contributed by atoms with Gasteiger partial charge in [-0.15, -0.1) is 0 Å². The van der Waals surface area contributed by atoms with Gasteiger partial charge in [0, 0.05) is 24.9 Å². The summed E-state index contributed by atoms with van der Waals surface area (Å²) in [6.07, 6.45) is 7.02. The molecule has 1 aromatic carbocycles. The topological polar surface area (TPSA) is 66.8 Å². The van der Waals surface area contributed by atoms with Crippen LogP contribution in [0.15, 0.2) is 35.3 Å². The van der Waals surface area contributed by atoms with Crippen molar-refractivity contribution in [1.29, 1.82) is 0 Å². The van der Waals surface area contributed by atoms with Gasteiger partial charge in [-0.2, -0.15) is 0 Å². The van der Waals surface area contributed by atoms with E-state index < -0.39 is 6.10 Å². The molecular formula is C25H31NO5. The molecule has 2 aliphatic rings. The number of hydrogen-bond donors (Lipinski definition) is 0. The molecule has 166 valence electrons. The molecule has 1 fully saturated rings. The molecule has 1 aromatic heterocycles. The molecule has 2 atom stereocenters. The Labute approximate surface area is 183 Å². The Morgan fingerprint density at radius 2 is 1.90 bits per heavy atom. The number of pyridine rings is 1. The summed E-state index contributed by atoms with van der Waals surface area (Å²) in [5.74, 6) is 0.822. The Balaban J connectivity index is 1.88. The number of fused-ring (bicyclic) bond motifs is 3. The Kier molecular flexibility index (Phi) is 6.46. The van der Waals surface area contributed by atoms with Gasteiger partial charge in [0.05, 0.1) is 32.3 Å². The predicted octanol–water partition coefficient (Wildman–Crippen LogP) is 4.71. The van der Waals surface area contributed by atoms with Crippen molar-refractivity contribution in [3.63, 3.8) is 0 Å². The van der Waals surface area contributed by atoms with Crippen LogP contribution in [0.2, 0.25) is 0 Å². The third kappa shape index (κ3) is 4.40. The maximum atomic E-state index is 12.5.